The van der Waals surface area contributed by atoms with Crippen molar-refractivity contribution >= 4 is 11.8 Å². The van der Waals surface area contributed by atoms with Crippen LogP contribution in [-0.4, -0.2) is 39.4 Å². The first kappa shape index (κ1) is 23.9. The number of hydrogen-bond acceptors (Lipinski definition) is 7. The minimum absolute atomic E-state index is 0.0511. The fourth-order valence-corrected chi connectivity index (χ4v) is 3.22. The van der Waals surface area contributed by atoms with Gasteiger partial charge < -0.3 is 20.1 Å². The van der Waals surface area contributed by atoms with Gasteiger partial charge in [0.15, 0.2) is 0 Å². The molecule has 2 aromatic heterocycles. The van der Waals surface area contributed by atoms with Crippen LogP contribution in [0.3, 0.4) is 0 Å². The molecule has 12 heteroatoms. The lowest BCUT2D eigenvalue weighted by atomic mass is 10.2. The number of ether oxygens (including phenoxy) is 2. The lowest BCUT2D eigenvalue weighted by Gasteiger charge is -2.17. The first-order chi connectivity index (χ1) is 16.7. The zero-order valence-corrected chi connectivity index (χ0v) is 18.4. The molecule has 0 unspecified atom stereocenters. The maximum absolute atomic E-state index is 13.4. The SMILES string of the molecule is COc1ccc(Oc2ccc(CNC(=O)C3(NC(=O)c4cnccn4)CC3)nc2)c(C(F)(F)F)c1. The highest BCUT2D eigenvalue weighted by Crippen LogP contribution is 2.40. The zero-order chi connectivity index (χ0) is 25.1. The summed E-state index contributed by atoms with van der Waals surface area (Å²) in [6.07, 6.45) is 1.71. The molecule has 9 nitrogen and oxygen atoms in total. The molecule has 0 saturated heterocycles. The Morgan fingerprint density at radius 3 is 2.43 bits per heavy atom. The van der Waals surface area contributed by atoms with E-state index in [1.165, 1.54) is 56.2 Å². The molecule has 0 spiro atoms. The molecule has 2 heterocycles. The summed E-state index contributed by atoms with van der Waals surface area (Å²) in [7, 11) is 1.27. The number of nitrogens with zero attached hydrogens (tertiary/aromatic N) is 3. The predicted molar refractivity (Wildman–Crippen MR) is 116 cm³/mol. The predicted octanol–water partition coefficient (Wildman–Crippen LogP) is 3.27. The molecule has 35 heavy (non-hydrogen) atoms. The number of hydrogen-bond donors (Lipinski definition) is 2. The normalized spacial score (nSPS) is 14.1. The van der Waals surface area contributed by atoms with Gasteiger partial charge in [-0.3, -0.25) is 19.6 Å². The van der Waals surface area contributed by atoms with Crippen molar-refractivity contribution in [3.05, 3.63) is 72.1 Å². The van der Waals surface area contributed by atoms with E-state index < -0.39 is 28.9 Å². The van der Waals surface area contributed by atoms with Gasteiger partial charge in [-0.2, -0.15) is 13.2 Å². The Morgan fingerprint density at radius 2 is 1.83 bits per heavy atom. The van der Waals surface area contributed by atoms with Crippen LogP contribution in [0.5, 0.6) is 17.2 Å². The van der Waals surface area contributed by atoms with E-state index >= 15 is 0 Å². The number of rotatable bonds is 8. The van der Waals surface area contributed by atoms with Gasteiger partial charge in [-0.15, -0.1) is 0 Å². The molecule has 4 rings (SSSR count). The Morgan fingerprint density at radius 1 is 1.06 bits per heavy atom. The fraction of sp³-hybridized carbons (Fsp3) is 0.261. The van der Waals surface area contributed by atoms with Crippen LogP contribution in [0.1, 0.15) is 34.6 Å². The molecule has 1 aliphatic carbocycles. The van der Waals surface area contributed by atoms with Crippen LogP contribution in [0, 0.1) is 0 Å². The van der Waals surface area contributed by atoms with E-state index in [4.69, 9.17) is 9.47 Å². The maximum atomic E-state index is 13.4. The molecular formula is C23H20F3N5O4. The third-order valence-corrected chi connectivity index (χ3v) is 5.28. The van der Waals surface area contributed by atoms with Crippen molar-refractivity contribution in [3.63, 3.8) is 0 Å². The number of aromatic nitrogens is 3. The van der Waals surface area contributed by atoms with E-state index in [-0.39, 0.29) is 29.6 Å². The van der Waals surface area contributed by atoms with E-state index in [2.05, 4.69) is 25.6 Å². The average molecular weight is 487 g/mol. The number of nitrogens with one attached hydrogen (secondary N) is 2. The molecule has 1 aliphatic rings. The summed E-state index contributed by atoms with van der Waals surface area (Å²) >= 11 is 0. The number of carbonyl (C=O) groups excluding carboxylic acids is 2. The second-order valence-electron chi connectivity index (χ2n) is 7.76. The number of methoxy groups -OCH3 is 1. The van der Waals surface area contributed by atoms with Crippen LogP contribution in [0.15, 0.2) is 55.1 Å². The highest BCUT2D eigenvalue weighted by atomic mass is 19.4. The summed E-state index contributed by atoms with van der Waals surface area (Å²) in [5.41, 5.74) is -1.44. The fourth-order valence-electron chi connectivity index (χ4n) is 3.22. The van der Waals surface area contributed by atoms with Crippen LogP contribution in [0.2, 0.25) is 0 Å². The van der Waals surface area contributed by atoms with Crippen molar-refractivity contribution in [3.8, 4) is 17.2 Å². The van der Waals surface area contributed by atoms with E-state index in [1.54, 1.807) is 0 Å². The summed E-state index contributed by atoms with van der Waals surface area (Å²) < 4.78 is 50.3. The maximum Gasteiger partial charge on any atom is 0.420 e. The van der Waals surface area contributed by atoms with Gasteiger partial charge in [0.05, 0.1) is 31.7 Å². The number of carbonyl (C=O) groups is 2. The van der Waals surface area contributed by atoms with Crippen molar-refractivity contribution < 1.29 is 32.2 Å². The lowest BCUT2D eigenvalue weighted by Crippen LogP contribution is -2.49. The van der Waals surface area contributed by atoms with Gasteiger partial charge in [0, 0.05) is 12.4 Å². The molecule has 182 valence electrons. The third kappa shape index (κ3) is 5.65. The van der Waals surface area contributed by atoms with Gasteiger partial charge in [-0.05, 0) is 43.2 Å². The summed E-state index contributed by atoms with van der Waals surface area (Å²) in [5.74, 6) is -1.12. The Kier molecular flexibility index (Phi) is 6.54. The molecule has 0 aliphatic heterocycles. The molecule has 1 fully saturated rings. The molecule has 1 saturated carbocycles. The van der Waals surface area contributed by atoms with Crippen molar-refractivity contribution in [2.24, 2.45) is 0 Å². The summed E-state index contributed by atoms with van der Waals surface area (Å²) in [6.45, 7) is 0.0538. The van der Waals surface area contributed by atoms with Gasteiger partial charge in [0.25, 0.3) is 5.91 Å². The number of pyridine rings is 1. The Labute approximate surface area is 197 Å². The van der Waals surface area contributed by atoms with Crippen molar-refractivity contribution in [2.75, 3.05) is 7.11 Å². The van der Waals surface area contributed by atoms with Crippen LogP contribution in [-0.2, 0) is 17.5 Å². The minimum Gasteiger partial charge on any atom is -0.497 e. The van der Waals surface area contributed by atoms with Gasteiger partial charge in [-0.25, -0.2) is 4.98 Å². The smallest absolute Gasteiger partial charge is 0.420 e. The van der Waals surface area contributed by atoms with Gasteiger partial charge in [0.1, 0.15) is 34.0 Å². The van der Waals surface area contributed by atoms with E-state index in [1.807, 2.05) is 0 Å². The number of amides is 2. The Bertz CT molecular complexity index is 1220. The largest absolute Gasteiger partial charge is 0.497 e. The average Bonchev–Trinajstić information content (AvgIpc) is 3.64. The summed E-state index contributed by atoms with van der Waals surface area (Å²) in [4.78, 5) is 36.8. The number of benzene rings is 1. The summed E-state index contributed by atoms with van der Waals surface area (Å²) in [5, 5.41) is 5.40. The van der Waals surface area contributed by atoms with E-state index in [0.29, 0.717) is 18.5 Å². The van der Waals surface area contributed by atoms with Gasteiger partial charge in [0.2, 0.25) is 5.91 Å². The molecule has 3 aromatic rings. The molecule has 0 radical (unpaired) electrons. The van der Waals surface area contributed by atoms with Crippen molar-refractivity contribution in [2.45, 2.75) is 31.1 Å². The minimum atomic E-state index is -4.64. The second kappa shape index (κ2) is 9.57. The quantitative estimate of drug-likeness (QED) is 0.501. The van der Waals surface area contributed by atoms with Crippen LogP contribution >= 0.6 is 0 Å². The Hall–Kier alpha value is -4.22. The second-order valence-corrected chi connectivity index (χ2v) is 7.76. The zero-order valence-electron chi connectivity index (χ0n) is 18.4. The van der Waals surface area contributed by atoms with E-state index in [9.17, 15) is 22.8 Å². The van der Waals surface area contributed by atoms with Crippen molar-refractivity contribution in [1.82, 2.24) is 25.6 Å². The first-order valence-electron chi connectivity index (χ1n) is 10.4. The third-order valence-electron chi connectivity index (χ3n) is 5.28. The first-order valence-corrected chi connectivity index (χ1v) is 10.4. The van der Waals surface area contributed by atoms with Gasteiger partial charge in [-0.1, -0.05) is 0 Å². The van der Waals surface area contributed by atoms with Crippen molar-refractivity contribution in [1.29, 1.82) is 0 Å². The molecule has 2 N–H and O–H groups in total. The monoisotopic (exact) mass is 487 g/mol. The van der Waals surface area contributed by atoms with Crippen LogP contribution in [0.25, 0.3) is 0 Å². The van der Waals surface area contributed by atoms with Gasteiger partial charge >= 0.3 is 6.18 Å². The molecule has 0 bridgehead atoms. The molecule has 1 aromatic carbocycles. The molecule has 0 atom stereocenters. The van der Waals surface area contributed by atoms with E-state index in [0.717, 1.165) is 6.07 Å². The highest BCUT2D eigenvalue weighted by Gasteiger charge is 2.51. The standard InChI is InChI=1S/C23H20F3N5O4/c1-34-15-4-5-19(17(10-15)23(24,25)26)35-16-3-2-14(29-12-16)11-30-21(33)22(6-7-22)31-20(32)18-13-27-8-9-28-18/h2-5,8-10,12-13H,6-7,11H2,1H3,(H,30,33)(H,31,32). The topological polar surface area (TPSA) is 115 Å². The number of alkyl halides is 3. The summed E-state index contributed by atoms with van der Waals surface area (Å²) in [6, 6.07) is 6.34. The Balaban J connectivity index is 1.36. The van der Waals surface area contributed by atoms with Crippen LogP contribution in [0.4, 0.5) is 13.2 Å². The molecular weight excluding hydrogens is 467 g/mol. The highest BCUT2D eigenvalue weighted by molar-refractivity contribution is 5.99. The van der Waals surface area contributed by atoms with Crippen LogP contribution < -0.4 is 20.1 Å². The lowest BCUT2D eigenvalue weighted by molar-refractivity contribution is -0.138. The number of halogens is 3. The molecule has 2 amide bonds.